The number of amides is 1. The van der Waals surface area contributed by atoms with Crippen molar-refractivity contribution in [2.45, 2.75) is 19.4 Å². The molecule has 0 aliphatic heterocycles. The first-order valence-electron chi connectivity index (χ1n) is 8.11. The largest absolute Gasteiger partial charge is 0.494 e. The van der Waals surface area contributed by atoms with Crippen LogP contribution in [0.3, 0.4) is 0 Å². The smallest absolute Gasteiger partial charge is 0.241 e. The highest BCUT2D eigenvalue weighted by Crippen LogP contribution is 2.25. The van der Waals surface area contributed by atoms with Crippen LogP contribution in [0, 0.1) is 0 Å². The number of ether oxygens (including phenoxy) is 1. The first-order chi connectivity index (χ1) is 12.0. The molecule has 1 atom stereocenters. The maximum absolute atomic E-state index is 12.4. The van der Waals surface area contributed by atoms with Gasteiger partial charge in [0.25, 0.3) is 0 Å². The predicted molar refractivity (Wildman–Crippen MR) is 104 cm³/mol. The highest BCUT2D eigenvalue weighted by atomic mass is 35.5. The molecule has 0 aliphatic rings. The van der Waals surface area contributed by atoms with Gasteiger partial charge in [0, 0.05) is 11.6 Å². The quantitative estimate of drug-likeness (QED) is 0.673. The third-order valence-corrected chi connectivity index (χ3v) is 4.46. The van der Waals surface area contributed by atoms with Gasteiger partial charge in [0.05, 0.1) is 23.4 Å². The van der Waals surface area contributed by atoms with Crippen molar-refractivity contribution in [2.75, 3.05) is 25.5 Å². The molecule has 0 aromatic heterocycles. The minimum atomic E-state index is -0.299. The number of nitrogens with one attached hydrogen (secondary N) is 1. The lowest BCUT2D eigenvalue weighted by Crippen LogP contribution is -2.40. The Bertz CT molecular complexity index is 695. The van der Waals surface area contributed by atoms with Gasteiger partial charge in [-0.1, -0.05) is 41.4 Å². The van der Waals surface area contributed by atoms with Gasteiger partial charge in [-0.3, -0.25) is 9.69 Å². The SMILES string of the molecule is CC(C(=O)Nc1cc(Cl)ccc1Cl)N(C)CCCOc1ccccc1. The zero-order valence-corrected chi connectivity index (χ0v) is 15.8. The zero-order chi connectivity index (χ0) is 18.2. The Kier molecular flexibility index (Phi) is 7.56. The molecule has 0 saturated carbocycles. The number of carbonyl (C=O) groups is 1. The van der Waals surface area contributed by atoms with Crippen LogP contribution in [-0.4, -0.2) is 37.0 Å². The minimum absolute atomic E-state index is 0.129. The van der Waals surface area contributed by atoms with Gasteiger partial charge in [0.15, 0.2) is 0 Å². The average Bonchev–Trinajstić information content (AvgIpc) is 2.61. The first kappa shape index (κ1) is 19.6. The molecule has 0 saturated heterocycles. The third-order valence-electron chi connectivity index (χ3n) is 3.89. The zero-order valence-electron chi connectivity index (χ0n) is 14.3. The maximum atomic E-state index is 12.4. The van der Waals surface area contributed by atoms with Crippen molar-refractivity contribution in [1.29, 1.82) is 0 Å². The molecule has 2 aromatic carbocycles. The van der Waals surface area contributed by atoms with E-state index in [1.54, 1.807) is 18.2 Å². The van der Waals surface area contributed by atoms with Crippen LogP contribution in [0.4, 0.5) is 5.69 Å². The molecule has 0 fully saturated rings. The molecule has 0 bridgehead atoms. The molecule has 4 nitrogen and oxygen atoms in total. The van der Waals surface area contributed by atoms with E-state index in [-0.39, 0.29) is 11.9 Å². The molecule has 0 heterocycles. The van der Waals surface area contributed by atoms with Crippen molar-refractivity contribution < 1.29 is 9.53 Å². The second-order valence-corrected chi connectivity index (χ2v) is 6.63. The fraction of sp³-hybridized carbons (Fsp3) is 0.316. The van der Waals surface area contributed by atoms with Crippen molar-refractivity contribution in [3.8, 4) is 5.75 Å². The van der Waals surface area contributed by atoms with E-state index in [1.165, 1.54) is 0 Å². The van der Waals surface area contributed by atoms with Gasteiger partial charge in [-0.15, -0.1) is 0 Å². The Morgan fingerprint density at radius 3 is 2.64 bits per heavy atom. The predicted octanol–water partition coefficient (Wildman–Crippen LogP) is 4.72. The number of rotatable bonds is 8. The van der Waals surface area contributed by atoms with E-state index in [1.807, 2.05) is 49.2 Å². The summed E-state index contributed by atoms with van der Waals surface area (Å²) < 4.78 is 5.66. The Morgan fingerprint density at radius 2 is 1.92 bits per heavy atom. The van der Waals surface area contributed by atoms with Gasteiger partial charge < -0.3 is 10.1 Å². The number of benzene rings is 2. The van der Waals surface area contributed by atoms with Gasteiger partial charge >= 0.3 is 0 Å². The maximum Gasteiger partial charge on any atom is 0.241 e. The van der Waals surface area contributed by atoms with Crippen LogP contribution in [0.25, 0.3) is 0 Å². The second kappa shape index (κ2) is 9.66. The Morgan fingerprint density at radius 1 is 1.20 bits per heavy atom. The van der Waals surface area contributed by atoms with Crippen LogP contribution < -0.4 is 10.1 Å². The molecule has 1 N–H and O–H groups in total. The summed E-state index contributed by atoms with van der Waals surface area (Å²) in [6.07, 6.45) is 0.820. The molecule has 2 rings (SSSR count). The molecule has 1 amide bonds. The van der Waals surface area contributed by atoms with Crippen molar-refractivity contribution in [3.63, 3.8) is 0 Å². The van der Waals surface area contributed by atoms with Crippen LogP contribution in [0.5, 0.6) is 5.75 Å². The summed E-state index contributed by atoms with van der Waals surface area (Å²) in [5, 5.41) is 3.81. The molecule has 2 aromatic rings. The average molecular weight is 381 g/mol. The van der Waals surface area contributed by atoms with Gasteiger partial charge in [-0.25, -0.2) is 0 Å². The number of nitrogens with zero attached hydrogens (tertiary/aromatic N) is 1. The van der Waals surface area contributed by atoms with Crippen LogP contribution in [-0.2, 0) is 4.79 Å². The highest BCUT2D eigenvalue weighted by molar-refractivity contribution is 6.35. The lowest BCUT2D eigenvalue weighted by Gasteiger charge is -2.24. The van der Waals surface area contributed by atoms with Gasteiger partial charge in [0.2, 0.25) is 5.91 Å². The molecule has 0 aliphatic carbocycles. The van der Waals surface area contributed by atoms with E-state index in [2.05, 4.69) is 5.32 Å². The fourth-order valence-electron chi connectivity index (χ4n) is 2.24. The van der Waals surface area contributed by atoms with E-state index >= 15 is 0 Å². The summed E-state index contributed by atoms with van der Waals surface area (Å²) in [6.45, 7) is 3.19. The monoisotopic (exact) mass is 380 g/mol. The van der Waals surface area contributed by atoms with Crippen molar-refractivity contribution in [2.24, 2.45) is 0 Å². The summed E-state index contributed by atoms with van der Waals surface area (Å²) in [4.78, 5) is 14.4. The van der Waals surface area contributed by atoms with Gasteiger partial charge in [-0.05, 0) is 50.7 Å². The molecule has 6 heteroatoms. The number of hydrogen-bond acceptors (Lipinski definition) is 3. The Labute approximate surface area is 158 Å². The molecule has 0 spiro atoms. The molecular weight excluding hydrogens is 359 g/mol. The lowest BCUT2D eigenvalue weighted by molar-refractivity contribution is -0.120. The summed E-state index contributed by atoms with van der Waals surface area (Å²) in [5.74, 6) is 0.724. The summed E-state index contributed by atoms with van der Waals surface area (Å²) in [7, 11) is 1.91. The second-order valence-electron chi connectivity index (χ2n) is 5.79. The highest BCUT2D eigenvalue weighted by Gasteiger charge is 2.18. The van der Waals surface area contributed by atoms with Crippen molar-refractivity contribution in [1.82, 2.24) is 4.90 Å². The van der Waals surface area contributed by atoms with E-state index < -0.39 is 0 Å². The van der Waals surface area contributed by atoms with Crippen LogP contribution >= 0.6 is 23.2 Å². The normalized spacial score (nSPS) is 12.0. The van der Waals surface area contributed by atoms with Crippen molar-refractivity contribution >= 4 is 34.8 Å². The lowest BCUT2D eigenvalue weighted by atomic mass is 10.2. The van der Waals surface area contributed by atoms with Crippen molar-refractivity contribution in [3.05, 3.63) is 58.6 Å². The van der Waals surface area contributed by atoms with Crippen LogP contribution in [0.1, 0.15) is 13.3 Å². The number of likely N-dealkylation sites (N-methyl/N-ethyl adjacent to an activating group) is 1. The summed E-state index contributed by atoms with van der Waals surface area (Å²) in [6, 6.07) is 14.4. The summed E-state index contributed by atoms with van der Waals surface area (Å²) in [5.41, 5.74) is 0.520. The van der Waals surface area contributed by atoms with E-state index in [4.69, 9.17) is 27.9 Å². The number of hydrogen-bond donors (Lipinski definition) is 1. The summed E-state index contributed by atoms with van der Waals surface area (Å²) >= 11 is 12.0. The van der Waals surface area contributed by atoms with E-state index in [0.29, 0.717) is 22.3 Å². The van der Waals surface area contributed by atoms with Gasteiger partial charge in [0.1, 0.15) is 5.75 Å². The number of carbonyl (C=O) groups excluding carboxylic acids is 1. The first-order valence-corrected chi connectivity index (χ1v) is 8.87. The topological polar surface area (TPSA) is 41.6 Å². The Balaban J connectivity index is 1.77. The third kappa shape index (κ3) is 6.24. The number of para-hydroxylation sites is 1. The van der Waals surface area contributed by atoms with E-state index in [0.717, 1.165) is 18.7 Å². The molecule has 134 valence electrons. The number of halogens is 2. The minimum Gasteiger partial charge on any atom is -0.494 e. The van der Waals surface area contributed by atoms with Crippen LogP contribution in [0.2, 0.25) is 10.0 Å². The molecule has 1 unspecified atom stereocenters. The molecule has 0 radical (unpaired) electrons. The fourth-order valence-corrected chi connectivity index (χ4v) is 2.58. The Hall–Kier alpha value is -1.75. The van der Waals surface area contributed by atoms with Crippen LogP contribution in [0.15, 0.2) is 48.5 Å². The molecule has 25 heavy (non-hydrogen) atoms. The van der Waals surface area contributed by atoms with E-state index in [9.17, 15) is 4.79 Å². The number of anilines is 1. The standard InChI is InChI=1S/C19H22Cl2N2O2/c1-14(19(24)22-18-13-15(20)9-10-17(18)21)23(2)11-6-12-25-16-7-4-3-5-8-16/h3-5,7-10,13-14H,6,11-12H2,1-2H3,(H,22,24). The van der Waals surface area contributed by atoms with Gasteiger partial charge in [-0.2, -0.15) is 0 Å². The molecular formula is C19H22Cl2N2O2.